The van der Waals surface area contributed by atoms with Crippen LogP contribution in [0.3, 0.4) is 0 Å². The molecule has 6 heteroatoms. The third kappa shape index (κ3) is 3.49. The van der Waals surface area contributed by atoms with Gasteiger partial charge < -0.3 is 20.4 Å². The number of hydrogen-bond donors (Lipinski definition) is 4. The van der Waals surface area contributed by atoms with Gasteiger partial charge in [-0.05, 0) is 12.8 Å². The Labute approximate surface area is 93.2 Å². The molecule has 0 saturated carbocycles. The molecule has 6 nitrogen and oxygen atoms in total. The zero-order valence-electron chi connectivity index (χ0n) is 8.82. The van der Waals surface area contributed by atoms with Crippen LogP contribution in [-0.4, -0.2) is 49.7 Å². The van der Waals surface area contributed by atoms with E-state index in [2.05, 4.69) is 9.97 Å². The highest BCUT2D eigenvalue weighted by Gasteiger charge is 2.19. The van der Waals surface area contributed by atoms with Crippen LogP contribution in [0.2, 0.25) is 0 Å². The second-order valence-corrected chi connectivity index (χ2v) is 3.46. The lowest BCUT2D eigenvalue weighted by atomic mass is 10.1. The van der Waals surface area contributed by atoms with Gasteiger partial charge in [-0.3, -0.25) is 9.97 Å². The highest BCUT2D eigenvalue weighted by atomic mass is 16.4. The molecule has 4 N–H and O–H groups in total. The van der Waals surface area contributed by atoms with Crippen molar-refractivity contribution in [1.29, 1.82) is 0 Å². The predicted molar refractivity (Wildman–Crippen MR) is 55.5 cm³/mol. The van der Waals surface area contributed by atoms with E-state index in [0.717, 1.165) is 0 Å². The van der Waals surface area contributed by atoms with Gasteiger partial charge in [0.25, 0.3) is 0 Å². The first-order chi connectivity index (χ1) is 7.69. The fourth-order valence-corrected chi connectivity index (χ4v) is 1.24. The molecule has 0 spiro atoms. The van der Waals surface area contributed by atoms with Crippen molar-refractivity contribution < 1.29 is 20.4 Å². The van der Waals surface area contributed by atoms with Crippen molar-refractivity contribution in [2.24, 2.45) is 0 Å². The summed E-state index contributed by atoms with van der Waals surface area (Å²) in [6.07, 6.45) is 1.49. The number of aliphatic hydroxyl groups is 4. The van der Waals surface area contributed by atoms with Crippen molar-refractivity contribution in [1.82, 2.24) is 9.97 Å². The number of rotatable bonds is 6. The molecule has 0 radical (unpaired) electrons. The van der Waals surface area contributed by atoms with Crippen molar-refractivity contribution in [3.8, 4) is 0 Å². The topological polar surface area (TPSA) is 107 Å². The third-order valence-corrected chi connectivity index (χ3v) is 2.15. The van der Waals surface area contributed by atoms with Crippen LogP contribution in [0, 0.1) is 0 Å². The van der Waals surface area contributed by atoms with Gasteiger partial charge >= 0.3 is 0 Å². The van der Waals surface area contributed by atoms with Gasteiger partial charge in [0.15, 0.2) is 0 Å². The summed E-state index contributed by atoms with van der Waals surface area (Å²) in [7, 11) is 0. The van der Waals surface area contributed by atoms with Crippen LogP contribution in [0.15, 0.2) is 12.4 Å². The van der Waals surface area contributed by atoms with Crippen molar-refractivity contribution in [3.05, 3.63) is 23.8 Å². The largest absolute Gasteiger partial charge is 0.396 e. The van der Waals surface area contributed by atoms with Crippen LogP contribution in [0.5, 0.6) is 0 Å². The van der Waals surface area contributed by atoms with E-state index in [-0.39, 0.29) is 12.3 Å². The van der Waals surface area contributed by atoms with E-state index < -0.39 is 18.8 Å². The molecule has 90 valence electrons. The van der Waals surface area contributed by atoms with E-state index in [4.69, 9.17) is 10.2 Å². The van der Waals surface area contributed by atoms with Gasteiger partial charge in [-0.15, -0.1) is 0 Å². The zero-order valence-corrected chi connectivity index (χ0v) is 8.82. The fraction of sp³-hybridized carbons (Fsp3) is 0.600. The smallest absolute Gasteiger partial charge is 0.126 e. The third-order valence-electron chi connectivity index (χ3n) is 2.15. The summed E-state index contributed by atoms with van der Waals surface area (Å²) in [4.78, 5) is 7.96. The first kappa shape index (κ1) is 13.0. The maximum atomic E-state index is 9.58. The molecule has 16 heavy (non-hydrogen) atoms. The Balaban J connectivity index is 2.73. The fourth-order valence-electron chi connectivity index (χ4n) is 1.24. The summed E-state index contributed by atoms with van der Waals surface area (Å²) >= 11 is 0. The Morgan fingerprint density at radius 3 is 2.56 bits per heavy atom. The highest BCUT2D eigenvalue weighted by Crippen LogP contribution is 2.13. The molecule has 0 aliphatic rings. The molecule has 1 heterocycles. The lowest BCUT2D eigenvalue weighted by Crippen LogP contribution is -2.23. The summed E-state index contributed by atoms with van der Waals surface area (Å²) in [6.45, 7) is -0.475. The van der Waals surface area contributed by atoms with Crippen LogP contribution in [0.4, 0.5) is 0 Å². The van der Waals surface area contributed by atoms with E-state index in [9.17, 15) is 10.2 Å². The molecule has 1 aromatic heterocycles. The van der Waals surface area contributed by atoms with Crippen molar-refractivity contribution in [3.63, 3.8) is 0 Å². The molecular formula is C10H16N2O4. The van der Waals surface area contributed by atoms with Gasteiger partial charge in [-0.2, -0.15) is 0 Å². The Hall–Kier alpha value is -1.08. The van der Waals surface area contributed by atoms with E-state index in [1.165, 1.54) is 12.4 Å². The van der Waals surface area contributed by atoms with E-state index in [0.29, 0.717) is 18.5 Å². The molecule has 0 bridgehead atoms. The minimum Gasteiger partial charge on any atom is -0.396 e. The van der Waals surface area contributed by atoms with Crippen molar-refractivity contribution >= 4 is 0 Å². The molecule has 0 amide bonds. The SMILES string of the molecule is OCCCc1cncc(C(O)[C@H](O)CO)n1. The zero-order chi connectivity index (χ0) is 12.0. The average Bonchev–Trinajstić information content (AvgIpc) is 2.34. The maximum absolute atomic E-state index is 9.58. The summed E-state index contributed by atoms with van der Waals surface area (Å²) < 4.78 is 0. The summed E-state index contributed by atoms with van der Waals surface area (Å²) in [6, 6.07) is 0. The van der Waals surface area contributed by atoms with Gasteiger partial charge in [0.1, 0.15) is 12.2 Å². The minimum atomic E-state index is -1.26. The van der Waals surface area contributed by atoms with E-state index >= 15 is 0 Å². The van der Waals surface area contributed by atoms with Crippen LogP contribution in [-0.2, 0) is 6.42 Å². The molecular weight excluding hydrogens is 212 g/mol. The van der Waals surface area contributed by atoms with Gasteiger partial charge in [-0.25, -0.2) is 0 Å². The Kier molecular flexibility index (Phi) is 5.27. The Morgan fingerprint density at radius 1 is 1.19 bits per heavy atom. The highest BCUT2D eigenvalue weighted by molar-refractivity contribution is 5.07. The van der Waals surface area contributed by atoms with Crippen LogP contribution in [0.1, 0.15) is 23.9 Å². The maximum Gasteiger partial charge on any atom is 0.126 e. The molecule has 0 aliphatic heterocycles. The second kappa shape index (κ2) is 6.49. The predicted octanol–water partition coefficient (Wildman–Crippen LogP) is -1.21. The molecule has 1 unspecified atom stereocenters. The number of aliphatic hydroxyl groups excluding tert-OH is 4. The van der Waals surface area contributed by atoms with Gasteiger partial charge in [0, 0.05) is 12.8 Å². The molecule has 0 fully saturated rings. The van der Waals surface area contributed by atoms with Crippen LogP contribution >= 0.6 is 0 Å². The standard InChI is InChI=1S/C10H16N2O4/c13-3-1-2-7-4-11-5-8(12-7)10(16)9(15)6-14/h4-5,9-10,13-16H,1-3,6H2/t9-,10?/m1/s1. The summed E-state index contributed by atoms with van der Waals surface area (Å²) in [5.41, 5.74) is 0.854. The monoisotopic (exact) mass is 228 g/mol. The Bertz CT molecular complexity index is 321. The van der Waals surface area contributed by atoms with Crippen LogP contribution in [0.25, 0.3) is 0 Å². The van der Waals surface area contributed by atoms with Crippen LogP contribution < -0.4 is 0 Å². The van der Waals surface area contributed by atoms with Gasteiger partial charge in [-0.1, -0.05) is 0 Å². The van der Waals surface area contributed by atoms with Crippen molar-refractivity contribution in [2.75, 3.05) is 13.2 Å². The minimum absolute atomic E-state index is 0.0632. The molecule has 0 aliphatic carbocycles. The van der Waals surface area contributed by atoms with E-state index in [1.54, 1.807) is 0 Å². The number of aryl methyl sites for hydroxylation is 1. The summed E-state index contributed by atoms with van der Waals surface area (Å²) in [5.74, 6) is 0. The van der Waals surface area contributed by atoms with Gasteiger partial charge in [0.2, 0.25) is 0 Å². The molecule has 2 atom stereocenters. The van der Waals surface area contributed by atoms with Crippen molar-refractivity contribution in [2.45, 2.75) is 25.0 Å². The quantitative estimate of drug-likeness (QED) is 0.486. The lowest BCUT2D eigenvalue weighted by molar-refractivity contribution is -0.0175. The number of hydrogen-bond acceptors (Lipinski definition) is 6. The number of nitrogens with zero attached hydrogens (tertiary/aromatic N) is 2. The second-order valence-electron chi connectivity index (χ2n) is 3.46. The molecule has 1 rings (SSSR count). The number of aromatic nitrogens is 2. The van der Waals surface area contributed by atoms with Gasteiger partial charge in [0.05, 0.1) is 24.2 Å². The average molecular weight is 228 g/mol. The summed E-state index contributed by atoms with van der Waals surface area (Å²) in [5, 5.41) is 36.2. The first-order valence-corrected chi connectivity index (χ1v) is 5.07. The molecule has 0 saturated heterocycles. The lowest BCUT2D eigenvalue weighted by Gasteiger charge is -2.15. The normalized spacial score (nSPS) is 14.8. The first-order valence-electron chi connectivity index (χ1n) is 5.07. The molecule has 0 aromatic carbocycles. The Morgan fingerprint density at radius 2 is 1.94 bits per heavy atom. The van der Waals surface area contributed by atoms with E-state index in [1.807, 2.05) is 0 Å². The molecule has 1 aromatic rings.